The highest BCUT2D eigenvalue weighted by atomic mass is 127. The van der Waals surface area contributed by atoms with Gasteiger partial charge in [0.15, 0.2) is 5.96 Å². The predicted octanol–water partition coefficient (Wildman–Crippen LogP) is 3.30. The maximum atomic E-state index is 5.62. The highest BCUT2D eigenvalue weighted by Crippen LogP contribution is 2.18. The third kappa shape index (κ3) is 4.81. The van der Waals surface area contributed by atoms with Crippen molar-refractivity contribution < 1.29 is 4.74 Å². The Balaban J connectivity index is 0.00000192. The fourth-order valence-electron chi connectivity index (χ4n) is 2.86. The number of hydrogen-bond donors (Lipinski definition) is 2. The fraction of sp³-hybridized carbons (Fsp3) is 0.389. The average Bonchev–Trinajstić information content (AvgIpc) is 3.08. The van der Waals surface area contributed by atoms with Gasteiger partial charge >= 0.3 is 0 Å². The molecule has 0 spiro atoms. The summed E-state index contributed by atoms with van der Waals surface area (Å²) < 4.78 is 5.62. The Hall–Kier alpha value is -1.34. The van der Waals surface area contributed by atoms with E-state index in [0.29, 0.717) is 6.10 Å². The topological polar surface area (TPSA) is 45.7 Å². The van der Waals surface area contributed by atoms with Crippen LogP contribution in [0.2, 0.25) is 0 Å². The SMILES string of the molecule is CN=C(NCc1cccc2ccccc12)NCC1CCCO1.I. The summed E-state index contributed by atoms with van der Waals surface area (Å²) in [6.45, 7) is 2.45. The molecule has 0 saturated carbocycles. The molecule has 2 aromatic rings. The molecule has 4 nitrogen and oxygen atoms in total. The van der Waals surface area contributed by atoms with E-state index in [2.05, 4.69) is 58.1 Å². The van der Waals surface area contributed by atoms with Gasteiger partial charge in [-0.05, 0) is 29.2 Å². The molecule has 1 aliphatic heterocycles. The molecule has 5 heteroatoms. The maximum Gasteiger partial charge on any atom is 0.191 e. The normalized spacial score (nSPS) is 17.8. The molecular weight excluding hydrogens is 401 g/mol. The molecule has 0 amide bonds. The van der Waals surface area contributed by atoms with Crippen LogP contribution in [0.5, 0.6) is 0 Å². The van der Waals surface area contributed by atoms with E-state index >= 15 is 0 Å². The molecule has 1 unspecified atom stereocenters. The van der Waals surface area contributed by atoms with Gasteiger partial charge in [0.1, 0.15) is 0 Å². The first-order valence-electron chi connectivity index (χ1n) is 7.89. The summed E-state index contributed by atoms with van der Waals surface area (Å²) in [7, 11) is 1.80. The van der Waals surface area contributed by atoms with Crippen molar-refractivity contribution in [1.82, 2.24) is 10.6 Å². The Morgan fingerprint density at radius 2 is 2.00 bits per heavy atom. The fourth-order valence-corrected chi connectivity index (χ4v) is 2.86. The van der Waals surface area contributed by atoms with E-state index in [0.717, 1.165) is 38.5 Å². The van der Waals surface area contributed by atoms with Crippen molar-refractivity contribution in [3.05, 3.63) is 48.0 Å². The minimum absolute atomic E-state index is 0. The van der Waals surface area contributed by atoms with Crippen LogP contribution < -0.4 is 10.6 Å². The molecule has 1 fully saturated rings. The molecule has 0 bridgehead atoms. The minimum atomic E-state index is 0. The smallest absolute Gasteiger partial charge is 0.191 e. The Morgan fingerprint density at radius 3 is 2.78 bits per heavy atom. The van der Waals surface area contributed by atoms with Gasteiger partial charge in [0.2, 0.25) is 0 Å². The molecule has 23 heavy (non-hydrogen) atoms. The number of aliphatic imine (C=N–C) groups is 1. The standard InChI is InChI=1S/C18H23N3O.HI/c1-19-18(21-13-16-9-5-11-22-16)20-12-15-8-4-7-14-6-2-3-10-17(14)15;/h2-4,6-8,10,16H,5,9,11-13H2,1H3,(H2,19,20,21);1H. The Labute approximate surface area is 154 Å². The van der Waals surface area contributed by atoms with Crippen LogP contribution in [-0.2, 0) is 11.3 Å². The van der Waals surface area contributed by atoms with Crippen LogP contribution in [0.25, 0.3) is 10.8 Å². The molecule has 1 saturated heterocycles. The van der Waals surface area contributed by atoms with Crippen LogP contribution in [0.15, 0.2) is 47.5 Å². The number of nitrogens with one attached hydrogen (secondary N) is 2. The third-order valence-electron chi connectivity index (χ3n) is 4.07. The lowest BCUT2D eigenvalue weighted by molar-refractivity contribution is 0.114. The van der Waals surface area contributed by atoms with E-state index in [4.69, 9.17) is 4.74 Å². The molecule has 2 aromatic carbocycles. The van der Waals surface area contributed by atoms with E-state index in [1.165, 1.54) is 16.3 Å². The van der Waals surface area contributed by atoms with Gasteiger partial charge in [0.25, 0.3) is 0 Å². The number of rotatable bonds is 4. The van der Waals surface area contributed by atoms with Crippen LogP contribution in [0.3, 0.4) is 0 Å². The highest BCUT2D eigenvalue weighted by molar-refractivity contribution is 14.0. The second-order valence-electron chi connectivity index (χ2n) is 5.58. The quantitative estimate of drug-likeness (QED) is 0.449. The first-order valence-corrected chi connectivity index (χ1v) is 7.89. The molecule has 1 atom stereocenters. The molecule has 124 valence electrons. The van der Waals surface area contributed by atoms with E-state index in [-0.39, 0.29) is 24.0 Å². The van der Waals surface area contributed by atoms with Crippen molar-refractivity contribution in [1.29, 1.82) is 0 Å². The van der Waals surface area contributed by atoms with Gasteiger partial charge in [0, 0.05) is 26.7 Å². The van der Waals surface area contributed by atoms with E-state index < -0.39 is 0 Å². The zero-order chi connectivity index (χ0) is 15.2. The molecule has 1 heterocycles. The number of hydrogen-bond acceptors (Lipinski definition) is 2. The molecular formula is C18H24IN3O. The number of guanidine groups is 1. The zero-order valence-electron chi connectivity index (χ0n) is 13.4. The van der Waals surface area contributed by atoms with Gasteiger partial charge in [0.05, 0.1) is 6.10 Å². The predicted molar refractivity (Wildman–Crippen MR) is 107 cm³/mol. The summed E-state index contributed by atoms with van der Waals surface area (Å²) in [5.41, 5.74) is 1.28. The van der Waals surface area contributed by atoms with Crippen molar-refractivity contribution in [2.24, 2.45) is 4.99 Å². The maximum absolute atomic E-state index is 5.62. The van der Waals surface area contributed by atoms with Crippen molar-refractivity contribution in [3.8, 4) is 0 Å². The van der Waals surface area contributed by atoms with Crippen molar-refractivity contribution in [3.63, 3.8) is 0 Å². The lowest BCUT2D eigenvalue weighted by Crippen LogP contribution is -2.40. The second-order valence-corrected chi connectivity index (χ2v) is 5.58. The minimum Gasteiger partial charge on any atom is -0.376 e. The monoisotopic (exact) mass is 425 g/mol. The summed E-state index contributed by atoms with van der Waals surface area (Å²) in [5.74, 6) is 0.823. The van der Waals surface area contributed by atoms with Crippen LogP contribution in [-0.4, -0.2) is 32.3 Å². The van der Waals surface area contributed by atoms with Crippen molar-refractivity contribution in [2.75, 3.05) is 20.2 Å². The molecule has 0 radical (unpaired) electrons. The first kappa shape index (κ1) is 18.0. The molecule has 2 N–H and O–H groups in total. The number of fused-ring (bicyclic) bond motifs is 1. The Bertz CT molecular complexity index is 648. The largest absolute Gasteiger partial charge is 0.376 e. The van der Waals surface area contributed by atoms with Crippen LogP contribution in [0.4, 0.5) is 0 Å². The summed E-state index contributed by atoms with van der Waals surface area (Å²) in [6, 6.07) is 14.9. The summed E-state index contributed by atoms with van der Waals surface area (Å²) in [4.78, 5) is 4.28. The summed E-state index contributed by atoms with van der Waals surface area (Å²) in [6.07, 6.45) is 2.61. The van der Waals surface area contributed by atoms with E-state index in [9.17, 15) is 0 Å². The van der Waals surface area contributed by atoms with Crippen LogP contribution >= 0.6 is 24.0 Å². The number of halogens is 1. The van der Waals surface area contributed by atoms with Gasteiger partial charge in [-0.25, -0.2) is 0 Å². The van der Waals surface area contributed by atoms with Crippen LogP contribution in [0, 0.1) is 0 Å². The second kappa shape index (κ2) is 9.08. The van der Waals surface area contributed by atoms with Crippen LogP contribution in [0.1, 0.15) is 18.4 Å². The van der Waals surface area contributed by atoms with Crippen molar-refractivity contribution >= 4 is 40.7 Å². The molecule has 1 aliphatic rings. The summed E-state index contributed by atoms with van der Waals surface area (Å²) in [5, 5.41) is 9.28. The van der Waals surface area contributed by atoms with E-state index in [1.54, 1.807) is 7.05 Å². The van der Waals surface area contributed by atoms with Gasteiger partial charge in [-0.1, -0.05) is 42.5 Å². The first-order chi connectivity index (χ1) is 10.9. The molecule has 0 aliphatic carbocycles. The number of nitrogens with zero attached hydrogens (tertiary/aromatic N) is 1. The Kier molecular flexibility index (Phi) is 7.11. The highest BCUT2D eigenvalue weighted by Gasteiger charge is 2.15. The van der Waals surface area contributed by atoms with Gasteiger partial charge in [-0.2, -0.15) is 0 Å². The number of ether oxygens (including phenoxy) is 1. The Morgan fingerprint density at radius 1 is 1.17 bits per heavy atom. The van der Waals surface area contributed by atoms with E-state index in [1.807, 2.05) is 0 Å². The third-order valence-corrected chi connectivity index (χ3v) is 4.07. The average molecular weight is 425 g/mol. The van der Waals surface area contributed by atoms with Gasteiger partial charge in [-0.3, -0.25) is 4.99 Å². The lowest BCUT2D eigenvalue weighted by atomic mass is 10.0. The molecule has 0 aromatic heterocycles. The van der Waals surface area contributed by atoms with Gasteiger partial charge in [-0.15, -0.1) is 24.0 Å². The summed E-state index contributed by atoms with van der Waals surface area (Å²) >= 11 is 0. The lowest BCUT2D eigenvalue weighted by Gasteiger charge is -2.15. The van der Waals surface area contributed by atoms with Gasteiger partial charge < -0.3 is 15.4 Å². The molecule has 3 rings (SSSR count). The number of benzene rings is 2. The van der Waals surface area contributed by atoms with Crippen molar-refractivity contribution in [2.45, 2.75) is 25.5 Å². The zero-order valence-corrected chi connectivity index (χ0v) is 15.7.